The Kier molecular flexibility index (Phi) is 4.13. The van der Waals surface area contributed by atoms with Crippen LogP contribution in [0, 0.1) is 11.7 Å². The number of hydrogen-bond donors (Lipinski definition) is 1. The van der Waals surface area contributed by atoms with Gasteiger partial charge in [-0.3, -0.25) is 4.90 Å². The van der Waals surface area contributed by atoms with Crippen LogP contribution in [0.1, 0.15) is 25.3 Å². The third kappa shape index (κ3) is 3.27. The zero-order valence-electron chi connectivity index (χ0n) is 10.3. The van der Waals surface area contributed by atoms with E-state index in [1.54, 1.807) is 0 Å². The van der Waals surface area contributed by atoms with Crippen molar-refractivity contribution < 1.29 is 9.50 Å². The maximum atomic E-state index is 12.8. The number of nitrogens with zero attached hydrogens (tertiary/aromatic N) is 1. The minimum absolute atomic E-state index is 0.149. The van der Waals surface area contributed by atoms with E-state index in [0.717, 1.165) is 38.0 Å². The topological polar surface area (TPSA) is 23.5 Å². The highest BCUT2D eigenvalue weighted by Gasteiger charge is 2.25. The molecular weight excluding hydrogens is 217 g/mol. The van der Waals surface area contributed by atoms with Crippen molar-refractivity contribution in [1.29, 1.82) is 0 Å². The predicted octanol–water partition coefficient (Wildman–Crippen LogP) is 2.42. The van der Waals surface area contributed by atoms with E-state index in [9.17, 15) is 9.50 Å². The van der Waals surface area contributed by atoms with Crippen molar-refractivity contribution in [1.82, 2.24) is 4.90 Å². The predicted molar refractivity (Wildman–Crippen MR) is 66.1 cm³/mol. The van der Waals surface area contributed by atoms with E-state index < -0.39 is 0 Å². The van der Waals surface area contributed by atoms with Crippen molar-refractivity contribution in [3.8, 4) is 0 Å². The molecule has 1 aliphatic heterocycles. The fourth-order valence-corrected chi connectivity index (χ4v) is 2.49. The summed E-state index contributed by atoms with van der Waals surface area (Å²) in [5.74, 6) is 0.193. The van der Waals surface area contributed by atoms with Crippen LogP contribution in [0.4, 0.5) is 4.39 Å². The number of halogens is 1. The van der Waals surface area contributed by atoms with E-state index in [2.05, 4.69) is 11.8 Å². The summed E-state index contributed by atoms with van der Waals surface area (Å²) >= 11 is 0. The number of piperidine rings is 1. The first-order valence-corrected chi connectivity index (χ1v) is 6.34. The van der Waals surface area contributed by atoms with Crippen molar-refractivity contribution in [2.75, 3.05) is 13.1 Å². The fraction of sp³-hybridized carbons (Fsp3) is 0.571. The van der Waals surface area contributed by atoms with E-state index in [0.29, 0.717) is 5.92 Å². The molecule has 17 heavy (non-hydrogen) atoms. The zero-order valence-corrected chi connectivity index (χ0v) is 10.3. The second-order valence-corrected chi connectivity index (χ2v) is 4.89. The molecule has 0 bridgehead atoms. The summed E-state index contributed by atoms with van der Waals surface area (Å²) in [7, 11) is 0. The molecule has 3 heteroatoms. The molecule has 1 aromatic carbocycles. The van der Waals surface area contributed by atoms with Crippen LogP contribution >= 0.6 is 0 Å². The van der Waals surface area contributed by atoms with E-state index in [1.165, 1.54) is 12.1 Å². The number of aliphatic hydroxyl groups excluding tert-OH is 1. The van der Waals surface area contributed by atoms with Crippen LogP contribution in [-0.2, 0) is 6.54 Å². The van der Waals surface area contributed by atoms with Crippen molar-refractivity contribution in [2.45, 2.75) is 32.4 Å². The van der Waals surface area contributed by atoms with Gasteiger partial charge in [0.25, 0.3) is 0 Å². The summed E-state index contributed by atoms with van der Waals surface area (Å²) in [6.45, 7) is 4.84. The van der Waals surface area contributed by atoms with Crippen molar-refractivity contribution in [3.05, 3.63) is 35.6 Å². The van der Waals surface area contributed by atoms with Gasteiger partial charge in [-0.2, -0.15) is 0 Å². The van der Waals surface area contributed by atoms with Crippen LogP contribution in [0.2, 0.25) is 0 Å². The van der Waals surface area contributed by atoms with Crippen LogP contribution in [-0.4, -0.2) is 29.2 Å². The highest BCUT2D eigenvalue weighted by molar-refractivity contribution is 5.16. The molecule has 1 saturated heterocycles. The first kappa shape index (κ1) is 12.5. The smallest absolute Gasteiger partial charge is 0.123 e. The summed E-state index contributed by atoms with van der Waals surface area (Å²) in [6, 6.07) is 6.68. The molecule has 2 rings (SSSR count). The van der Waals surface area contributed by atoms with E-state index >= 15 is 0 Å². The van der Waals surface area contributed by atoms with Gasteiger partial charge in [-0.1, -0.05) is 19.1 Å². The molecular formula is C14H20FNO. The molecule has 2 nitrogen and oxygen atoms in total. The number of rotatable bonds is 3. The Morgan fingerprint density at radius 1 is 1.35 bits per heavy atom. The minimum Gasteiger partial charge on any atom is -0.393 e. The van der Waals surface area contributed by atoms with Crippen LogP contribution in [0.25, 0.3) is 0 Å². The van der Waals surface area contributed by atoms with Gasteiger partial charge in [-0.25, -0.2) is 4.39 Å². The van der Waals surface area contributed by atoms with Gasteiger partial charge in [-0.15, -0.1) is 0 Å². The Morgan fingerprint density at radius 2 is 2.06 bits per heavy atom. The summed E-state index contributed by atoms with van der Waals surface area (Å²) < 4.78 is 12.8. The third-order valence-electron chi connectivity index (χ3n) is 3.62. The van der Waals surface area contributed by atoms with Crippen LogP contribution in [0.3, 0.4) is 0 Å². The second kappa shape index (κ2) is 5.61. The molecule has 1 heterocycles. The largest absolute Gasteiger partial charge is 0.393 e. The summed E-state index contributed by atoms with van der Waals surface area (Å²) in [5.41, 5.74) is 1.14. The van der Waals surface area contributed by atoms with Gasteiger partial charge in [0.1, 0.15) is 5.82 Å². The van der Waals surface area contributed by atoms with E-state index in [1.807, 2.05) is 12.1 Å². The standard InChI is InChI=1S/C14H20FNO/c1-2-12-10-16(8-7-14(12)17)9-11-3-5-13(15)6-4-11/h3-6,12,14,17H,2,7-10H2,1H3/t12-,14-/m0/s1. The molecule has 0 spiro atoms. The lowest BCUT2D eigenvalue weighted by Crippen LogP contribution is -2.42. The number of benzene rings is 1. The lowest BCUT2D eigenvalue weighted by atomic mass is 9.92. The highest BCUT2D eigenvalue weighted by atomic mass is 19.1. The van der Waals surface area contributed by atoms with Crippen molar-refractivity contribution in [3.63, 3.8) is 0 Å². The van der Waals surface area contributed by atoms with Crippen LogP contribution < -0.4 is 0 Å². The van der Waals surface area contributed by atoms with Gasteiger partial charge < -0.3 is 5.11 Å². The lowest BCUT2D eigenvalue weighted by molar-refractivity contribution is 0.0222. The molecule has 0 radical (unpaired) electrons. The van der Waals surface area contributed by atoms with Gasteiger partial charge in [-0.05, 0) is 36.5 Å². The van der Waals surface area contributed by atoms with Gasteiger partial charge >= 0.3 is 0 Å². The zero-order chi connectivity index (χ0) is 12.3. The molecule has 0 aromatic heterocycles. The van der Waals surface area contributed by atoms with Crippen molar-refractivity contribution in [2.24, 2.45) is 5.92 Å². The summed E-state index contributed by atoms with van der Waals surface area (Å²) in [6.07, 6.45) is 1.71. The molecule has 0 unspecified atom stereocenters. The molecule has 1 N–H and O–H groups in total. The van der Waals surface area contributed by atoms with Gasteiger partial charge in [0.2, 0.25) is 0 Å². The Bertz CT molecular complexity index is 352. The lowest BCUT2D eigenvalue weighted by Gasteiger charge is -2.35. The number of hydrogen-bond acceptors (Lipinski definition) is 2. The molecule has 1 aromatic rings. The summed E-state index contributed by atoms with van der Waals surface area (Å²) in [4.78, 5) is 2.34. The Labute approximate surface area is 102 Å². The first-order valence-electron chi connectivity index (χ1n) is 6.34. The maximum Gasteiger partial charge on any atom is 0.123 e. The first-order chi connectivity index (χ1) is 8.19. The quantitative estimate of drug-likeness (QED) is 0.872. The average Bonchev–Trinajstić information content (AvgIpc) is 2.34. The number of likely N-dealkylation sites (tertiary alicyclic amines) is 1. The maximum absolute atomic E-state index is 12.8. The average molecular weight is 237 g/mol. The second-order valence-electron chi connectivity index (χ2n) is 4.89. The third-order valence-corrected chi connectivity index (χ3v) is 3.62. The Hall–Kier alpha value is -0.930. The van der Waals surface area contributed by atoms with Crippen LogP contribution in [0.5, 0.6) is 0 Å². The SMILES string of the molecule is CC[C@H]1CN(Cc2ccc(F)cc2)CC[C@@H]1O. The van der Waals surface area contributed by atoms with Gasteiger partial charge in [0.15, 0.2) is 0 Å². The van der Waals surface area contributed by atoms with E-state index in [-0.39, 0.29) is 11.9 Å². The molecule has 1 fully saturated rings. The molecule has 94 valence electrons. The number of aliphatic hydroxyl groups is 1. The van der Waals surface area contributed by atoms with Gasteiger partial charge in [0.05, 0.1) is 6.10 Å². The van der Waals surface area contributed by atoms with Crippen LogP contribution in [0.15, 0.2) is 24.3 Å². The summed E-state index contributed by atoms with van der Waals surface area (Å²) in [5, 5.41) is 9.81. The van der Waals surface area contributed by atoms with E-state index in [4.69, 9.17) is 0 Å². The minimum atomic E-state index is -0.186. The molecule has 0 aliphatic carbocycles. The Balaban J connectivity index is 1.93. The van der Waals surface area contributed by atoms with Gasteiger partial charge in [0, 0.05) is 19.6 Å². The Morgan fingerprint density at radius 3 is 2.71 bits per heavy atom. The molecule has 0 saturated carbocycles. The monoisotopic (exact) mass is 237 g/mol. The highest BCUT2D eigenvalue weighted by Crippen LogP contribution is 2.21. The molecule has 2 atom stereocenters. The molecule has 0 amide bonds. The molecule has 1 aliphatic rings. The van der Waals surface area contributed by atoms with Crippen molar-refractivity contribution >= 4 is 0 Å². The normalized spacial score (nSPS) is 26.1. The fourth-order valence-electron chi connectivity index (χ4n) is 2.49.